The molecule has 2 rings (SSSR count). The summed E-state index contributed by atoms with van der Waals surface area (Å²) in [5.74, 6) is 0. The molecule has 0 atom stereocenters. The van der Waals surface area contributed by atoms with Crippen molar-refractivity contribution < 1.29 is 54.8 Å². The SMILES string of the molecule is [C-]#N.[CH-]=Cc1ccccc1.[CH-]=Cc1ccccc1.[Cu+].[Li+].[Li+]. The standard InChI is InChI=1S/2C8H7.CN.Cu.2Li/c2*1-2-8-6-4-3-5-7-8;1-2;;;/h2*1-7H;;;;/q3*-1;3*+1. The molecule has 0 saturated heterocycles. The smallest absolute Gasteiger partial charge is 0.512 e. The number of hydrogen-bond acceptors (Lipinski definition) is 1. The van der Waals surface area contributed by atoms with Gasteiger partial charge in [-0.1, -0.05) is 36.4 Å². The zero-order valence-corrected chi connectivity index (χ0v) is 13.3. The summed E-state index contributed by atoms with van der Waals surface area (Å²) >= 11 is 0. The summed E-state index contributed by atoms with van der Waals surface area (Å²) in [7, 11) is 0. The summed E-state index contributed by atoms with van der Waals surface area (Å²) < 4.78 is 0. The van der Waals surface area contributed by atoms with E-state index in [1.54, 1.807) is 12.2 Å². The van der Waals surface area contributed by atoms with Crippen LogP contribution in [-0.2, 0) is 17.1 Å². The van der Waals surface area contributed by atoms with E-state index in [1.807, 2.05) is 60.7 Å². The van der Waals surface area contributed by atoms with Crippen molar-refractivity contribution in [2.45, 2.75) is 0 Å². The maximum atomic E-state index is 6.25. The van der Waals surface area contributed by atoms with E-state index in [2.05, 4.69) is 0 Å². The summed E-state index contributed by atoms with van der Waals surface area (Å²) in [6, 6.07) is 19.6. The van der Waals surface area contributed by atoms with Gasteiger partial charge in [0.05, 0.1) is 0 Å². The Morgan fingerprint density at radius 2 is 0.905 bits per heavy atom. The first kappa shape index (κ1) is 28.3. The molecule has 0 radical (unpaired) electrons. The molecule has 0 amide bonds. The van der Waals surface area contributed by atoms with Gasteiger partial charge in [-0.3, -0.25) is 13.2 Å². The number of benzene rings is 2. The van der Waals surface area contributed by atoms with Gasteiger partial charge in [0.1, 0.15) is 0 Å². The monoisotopic (exact) mass is 309 g/mol. The van der Waals surface area contributed by atoms with Crippen LogP contribution in [0.1, 0.15) is 11.1 Å². The fourth-order valence-corrected chi connectivity index (χ4v) is 1.13. The number of nitrogens with zero attached hydrogens (tertiary/aromatic N) is 1. The predicted molar refractivity (Wildman–Crippen MR) is 75.4 cm³/mol. The average molecular weight is 310 g/mol. The van der Waals surface area contributed by atoms with Crippen molar-refractivity contribution in [3.63, 3.8) is 0 Å². The van der Waals surface area contributed by atoms with E-state index in [0.717, 1.165) is 11.1 Å². The van der Waals surface area contributed by atoms with Crippen LogP contribution in [0.2, 0.25) is 0 Å². The van der Waals surface area contributed by atoms with E-state index < -0.39 is 0 Å². The second kappa shape index (κ2) is 21.4. The number of hydrogen-bond donors (Lipinski definition) is 0. The molecular formula is C17H14CuLi2N. The Morgan fingerprint density at radius 3 is 1.05 bits per heavy atom. The van der Waals surface area contributed by atoms with Crippen LogP contribution in [0.15, 0.2) is 60.7 Å². The summed E-state index contributed by atoms with van der Waals surface area (Å²) in [5.41, 5.74) is 2.13. The fourth-order valence-electron chi connectivity index (χ4n) is 1.13. The van der Waals surface area contributed by atoms with Crippen molar-refractivity contribution in [1.29, 1.82) is 5.26 Å². The molecule has 0 aliphatic carbocycles. The maximum absolute atomic E-state index is 6.25. The minimum atomic E-state index is 0. The minimum absolute atomic E-state index is 0. The zero-order valence-electron chi connectivity index (χ0n) is 12.3. The Labute approximate surface area is 163 Å². The molecule has 0 N–H and O–H groups in total. The van der Waals surface area contributed by atoms with E-state index >= 15 is 0 Å². The molecule has 0 aromatic heterocycles. The Kier molecular flexibility index (Phi) is 28.9. The molecule has 100 valence electrons. The third-order valence-corrected chi connectivity index (χ3v) is 1.98. The van der Waals surface area contributed by atoms with Crippen LogP contribution in [0.25, 0.3) is 12.2 Å². The van der Waals surface area contributed by atoms with E-state index in [9.17, 15) is 0 Å². The molecule has 0 saturated carbocycles. The second-order valence-corrected chi connectivity index (χ2v) is 3.15. The molecule has 0 bridgehead atoms. The first-order chi connectivity index (χ1) is 8.86. The molecule has 0 aliphatic heterocycles. The summed E-state index contributed by atoms with van der Waals surface area (Å²) in [6.07, 6.45) is 3.17. The molecule has 0 fully saturated rings. The first-order valence-electron chi connectivity index (χ1n) is 5.29. The van der Waals surface area contributed by atoms with Crippen molar-refractivity contribution in [2.24, 2.45) is 0 Å². The van der Waals surface area contributed by atoms with Gasteiger partial charge in [-0.05, 0) is 0 Å². The van der Waals surface area contributed by atoms with Gasteiger partial charge in [0.2, 0.25) is 0 Å². The largest absolute Gasteiger partial charge is 1.00 e. The van der Waals surface area contributed by atoms with Crippen LogP contribution in [0.3, 0.4) is 0 Å². The van der Waals surface area contributed by atoms with E-state index in [-0.39, 0.29) is 54.8 Å². The maximum Gasteiger partial charge on any atom is 1.00 e. The molecule has 2 aromatic carbocycles. The normalized spacial score (nSPS) is 6.57. The fraction of sp³-hybridized carbons (Fsp3) is 0. The van der Waals surface area contributed by atoms with Crippen molar-refractivity contribution in [3.05, 3.63) is 91.5 Å². The van der Waals surface area contributed by atoms with Crippen LogP contribution >= 0.6 is 0 Å². The third kappa shape index (κ3) is 15.3. The molecule has 1 nitrogen and oxygen atoms in total. The number of rotatable bonds is 2. The summed E-state index contributed by atoms with van der Waals surface area (Å²) in [4.78, 5) is 0. The first-order valence-corrected chi connectivity index (χ1v) is 5.29. The Hall–Kier alpha value is -0.876. The van der Waals surface area contributed by atoms with Crippen molar-refractivity contribution in [2.75, 3.05) is 0 Å². The van der Waals surface area contributed by atoms with Crippen LogP contribution in [0, 0.1) is 25.0 Å². The Bertz CT molecular complexity index is 426. The van der Waals surface area contributed by atoms with Gasteiger partial charge in [0, 0.05) is 0 Å². The quantitative estimate of drug-likeness (QED) is 0.483. The molecule has 2 aromatic rings. The van der Waals surface area contributed by atoms with Crippen LogP contribution in [-0.4, -0.2) is 0 Å². The zero-order chi connectivity index (χ0) is 13.6. The second-order valence-electron chi connectivity index (χ2n) is 3.15. The van der Waals surface area contributed by atoms with Crippen molar-refractivity contribution >= 4 is 12.2 Å². The summed E-state index contributed by atoms with van der Waals surface area (Å²) in [6.45, 7) is 15.2. The Morgan fingerprint density at radius 1 is 0.667 bits per heavy atom. The van der Waals surface area contributed by atoms with Gasteiger partial charge in [-0.2, -0.15) is 11.1 Å². The molecule has 0 heterocycles. The Balaban J connectivity index is -0.000000109. The van der Waals surface area contributed by atoms with Gasteiger partial charge in [-0.15, -0.1) is 24.3 Å². The van der Waals surface area contributed by atoms with Crippen LogP contribution in [0.4, 0.5) is 0 Å². The average Bonchev–Trinajstić information content (AvgIpc) is 2.51. The summed E-state index contributed by atoms with van der Waals surface area (Å²) in [5, 5.41) is 6.25. The molecule has 21 heavy (non-hydrogen) atoms. The van der Waals surface area contributed by atoms with Gasteiger partial charge in [0.15, 0.2) is 0 Å². The van der Waals surface area contributed by atoms with Crippen molar-refractivity contribution in [1.82, 2.24) is 0 Å². The van der Waals surface area contributed by atoms with E-state index in [0.29, 0.717) is 0 Å². The van der Waals surface area contributed by atoms with E-state index in [1.165, 1.54) is 0 Å². The molecule has 0 unspecified atom stereocenters. The van der Waals surface area contributed by atoms with E-state index in [4.69, 9.17) is 25.0 Å². The topological polar surface area (TPSA) is 23.8 Å². The van der Waals surface area contributed by atoms with Crippen LogP contribution in [0.5, 0.6) is 0 Å². The molecule has 0 spiro atoms. The van der Waals surface area contributed by atoms with Gasteiger partial charge in [0.25, 0.3) is 0 Å². The molecular weight excluding hydrogens is 296 g/mol. The minimum Gasteiger partial charge on any atom is -0.512 e. The third-order valence-electron chi connectivity index (χ3n) is 1.98. The van der Waals surface area contributed by atoms with Gasteiger partial charge < -0.3 is 11.8 Å². The van der Waals surface area contributed by atoms with Crippen LogP contribution < -0.4 is 37.7 Å². The van der Waals surface area contributed by atoms with Gasteiger partial charge >= 0.3 is 54.8 Å². The molecule has 0 aliphatic rings. The predicted octanol–water partition coefficient (Wildman–Crippen LogP) is -1.63. The van der Waals surface area contributed by atoms with Gasteiger partial charge in [-0.25, -0.2) is 12.2 Å². The molecule has 4 heteroatoms. The van der Waals surface area contributed by atoms with Crippen molar-refractivity contribution in [3.8, 4) is 0 Å².